The highest BCUT2D eigenvalue weighted by molar-refractivity contribution is 5.08. The molecule has 8 atom stereocenters. The molecule has 4 aliphatic carbocycles. The van der Waals surface area contributed by atoms with Crippen LogP contribution >= 0.6 is 0 Å². The Bertz CT molecular complexity index is 506. The first-order valence-electron chi connectivity index (χ1n) is 12.8. The summed E-state index contributed by atoms with van der Waals surface area (Å²) in [5.41, 5.74) is 1.41. The van der Waals surface area contributed by atoms with E-state index in [-0.39, 0.29) is 0 Å². The molecule has 0 heterocycles. The van der Waals surface area contributed by atoms with Gasteiger partial charge in [0, 0.05) is 0 Å². The van der Waals surface area contributed by atoms with Crippen molar-refractivity contribution in [3.05, 3.63) is 0 Å². The molecule has 4 fully saturated rings. The van der Waals surface area contributed by atoms with Crippen LogP contribution in [0, 0.1) is 52.3 Å². The fourth-order valence-corrected chi connectivity index (χ4v) is 9.14. The Balaban J connectivity index is 1.45. The summed E-state index contributed by atoms with van der Waals surface area (Å²) >= 11 is 0. The second-order valence-electron chi connectivity index (χ2n) is 12.5. The van der Waals surface area contributed by atoms with Gasteiger partial charge in [0.1, 0.15) is 0 Å². The highest BCUT2D eigenvalue weighted by Gasteiger charge is 2.59. The average molecular weight is 373 g/mol. The maximum Gasteiger partial charge on any atom is -0.0264 e. The third-order valence-electron chi connectivity index (χ3n) is 10.7. The van der Waals surface area contributed by atoms with E-state index in [1.54, 1.807) is 44.9 Å². The third-order valence-corrected chi connectivity index (χ3v) is 10.7. The minimum absolute atomic E-state index is 0.693. The van der Waals surface area contributed by atoms with E-state index in [9.17, 15) is 0 Å². The molecule has 0 bridgehead atoms. The summed E-state index contributed by atoms with van der Waals surface area (Å²) in [4.78, 5) is 0. The molecule has 0 N–H and O–H groups in total. The van der Waals surface area contributed by atoms with Gasteiger partial charge in [-0.3, -0.25) is 0 Å². The molecule has 0 nitrogen and oxygen atoms in total. The molecule has 0 aromatic carbocycles. The van der Waals surface area contributed by atoms with Crippen LogP contribution in [-0.4, -0.2) is 0 Å². The second kappa shape index (κ2) is 7.68. The molecule has 4 saturated carbocycles. The first kappa shape index (κ1) is 20.3. The van der Waals surface area contributed by atoms with Gasteiger partial charge in [0.2, 0.25) is 0 Å². The van der Waals surface area contributed by atoms with Crippen molar-refractivity contribution in [2.24, 2.45) is 52.3 Å². The molecule has 0 spiro atoms. The quantitative estimate of drug-likeness (QED) is 0.453. The van der Waals surface area contributed by atoms with Crippen LogP contribution in [0.25, 0.3) is 0 Å². The molecular weight excluding hydrogens is 324 g/mol. The van der Waals surface area contributed by atoms with Crippen LogP contribution in [0.5, 0.6) is 0 Å². The van der Waals surface area contributed by atoms with Gasteiger partial charge in [-0.1, -0.05) is 66.7 Å². The zero-order chi connectivity index (χ0) is 19.2. The van der Waals surface area contributed by atoms with Crippen molar-refractivity contribution in [3.8, 4) is 0 Å². The van der Waals surface area contributed by atoms with E-state index >= 15 is 0 Å². The lowest BCUT2D eigenvalue weighted by Crippen LogP contribution is -2.52. The number of fused-ring (bicyclic) bond motifs is 5. The fourth-order valence-electron chi connectivity index (χ4n) is 9.14. The lowest BCUT2D eigenvalue weighted by Gasteiger charge is -2.60. The fraction of sp³-hybridized carbons (Fsp3) is 1.00. The van der Waals surface area contributed by atoms with Crippen LogP contribution in [0.1, 0.15) is 118 Å². The second-order valence-corrected chi connectivity index (χ2v) is 12.5. The predicted octanol–water partition coefficient (Wildman–Crippen LogP) is 8.50. The average Bonchev–Trinajstić information content (AvgIpc) is 2.98. The summed E-state index contributed by atoms with van der Waals surface area (Å²) in [6.45, 7) is 12.8. The van der Waals surface area contributed by atoms with Gasteiger partial charge in [0.15, 0.2) is 0 Å². The van der Waals surface area contributed by atoms with Gasteiger partial charge in [-0.05, 0) is 104 Å². The molecule has 27 heavy (non-hydrogen) atoms. The Morgan fingerprint density at radius 2 is 1.56 bits per heavy atom. The van der Waals surface area contributed by atoms with E-state index < -0.39 is 0 Å². The Kier molecular flexibility index (Phi) is 5.77. The van der Waals surface area contributed by atoms with Crippen LogP contribution in [0.15, 0.2) is 0 Å². The molecule has 0 aromatic rings. The zero-order valence-corrected chi connectivity index (χ0v) is 19.2. The topological polar surface area (TPSA) is 0 Å². The molecule has 4 rings (SSSR count). The highest BCUT2D eigenvalue weighted by Crippen LogP contribution is 2.68. The lowest BCUT2D eigenvalue weighted by atomic mass is 9.45. The molecule has 0 aromatic heterocycles. The predicted molar refractivity (Wildman–Crippen MR) is 118 cm³/mol. The van der Waals surface area contributed by atoms with E-state index in [0.717, 1.165) is 41.4 Å². The van der Waals surface area contributed by atoms with Crippen LogP contribution in [-0.2, 0) is 0 Å². The van der Waals surface area contributed by atoms with E-state index in [1.807, 2.05) is 0 Å². The molecule has 0 heteroatoms. The van der Waals surface area contributed by atoms with Crippen LogP contribution in [0.2, 0.25) is 0 Å². The lowest BCUT2D eigenvalue weighted by molar-refractivity contribution is -0.108. The number of hydrogen-bond acceptors (Lipinski definition) is 0. The largest absolute Gasteiger partial charge is 0.0628 e. The van der Waals surface area contributed by atoms with E-state index in [0.29, 0.717) is 10.8 Å². The molecule has 156 valence electrons. The van der Waals surface area contributed by atoms with E-state index in [2.05, 4.69) is 34.6 Å². The first-order valence-corrected chi connectivity index (χ1v) is 12.8. The molecule has 0 aliphatic heterocycles. The van der Waals surface area contributed by atoms with Crippen molar-refractivity contribution in [2.45, 2.75) is 118 Å². The van der Waals surface area contributed by atoms with E-state index in [4.69, 9.17) is 0 Å². The standard InChI is InChI=1S/C27H48/c1-19(2)9-8-10-20(3)21-14-18-27(5)24(21)13-12-22-23-11-6-7-16-26(23,4)17-15-25(22)27/h19-25H,6-18H2,1-5H3. The van der Waals surface area contributed by atoms with Gasteiger partial charge < -0.3 is 0 Å². The van der Waals surface area contributed by atoms with Crippen molar-refractivity contribution in [2.75, 3.05) is 0 Å². The first-order chi connectivity index (χ1) is 12.8. The normalized spacial score (nSPS) is 48.0. The van der Waals surface area contributed by atoms with Crippen molar-refractivity contribution < 1.29 is 0 Å². The van der Waals surface area contributed by atoms with Gasteiger partial charge in [-0.2, -0.15) is 0 Å². The van der Waals surface area contributed by atoms with Gasteiger partial charge in [0.05, 0.1) is 0 Å². The molecule has 0 amide bonds. The van der Waals surface area contributed by atoms with Crippen LogP contribution < -0.4 is 0 Å². The molecular formula is C27H48. The Morgan fingerprint density at radius 3 is 2.33 bits per heavy atom. The Labute approximate surface area is 170 Å². The molecule has 8 unspecified atom stereocenters. The van der Waals surface area contributed by atoms with Gasteiger partial charge in [-0.25, -0.2) is 0 Å². The molecule has 4 aliphatic rings. The van der Waals surface area contributed by atoms with Gasteiger partial charge in [0.25, 0.3) is 0 Å². The summed E-state index contributed by atoms with van der Waals surface area (Å²) in [5.74, 6) is 7.18. The van der Waals surface area contributed by atoms with Crippen molar-refractivity contribution in [3.63, 3.8) is 0 Å². The summed E-state index contributed by atoms with van der Waals surface area (Å²) in [7, 11) is 0. The smallest absolute Gasteiger partial charge is 0.0264 e. The van der Waals surface area contributed by atoms with Crippen molar-refractivity contribution >= 4 is 0 Å². The minimum Gasteiger partial charge on any atom is -0.0628 e. The maximum atomic E-state index is 2.76. The molecule has 0 radical (unpaired) electrons. The number of rotatable bonds is 5. The van der Waals surface area contributed by atoms with Gasteiger partial charge in [-0.15, -0.1) is 0 Å². The van der Waals surface area contributed by atoms with E-state index in [1.165, 1.54) is 38.5 Å². The summed E-state index contributed by atoms with van der Waals surface area (Å²) in [5, 5.41) is 0. The summed E-state index contributed by atoms with van der Waals surface area (Å²) in [6, 6.07) is 0. The monoisotopic (exact) mass is 372 g/mol. The Morgan fingerprint density at radius 1 is 0.741 bits per heavy atom. The van der Waals surface area contributed by atoms with Crippen molar-refractivity contribution in [1.82, 2.24) is 0 Å². The zero-order valence-electron chi connectivity index (χ0n) is 19.2. The highest BCUT2D eigenvalue weighted by atomic mass is 14.6. The SMILES string of the molecule is CC(C)CCCC(C)C1CCC2(C)C1CCC1C3CCCCC3(C)CCC12. The Hall–Kier alpha value is 0. The van der Waals surface area contributed by atoms with Crippen molar-refractivity contribution in [1.29, 1.82) is 0 Å². The van der Waals surface area contributed by atoms with Gasteiger partial charge >= 0.3 is 0 Å². The number of hydrogen-bond donors (Lipinski definition) is 0. The maximum absolute atomic E-state index is 2.76. The minimum atomic E-state index is 0.693. The summed E-state index contributed by atoms with van der Waals surface area (Å²) in [6.07, 6.45) is 19.9. The van der Waals surface area contributed by atoms with Crippen LogP contribution in [0.4, 0.5) is 0 Å². The third kappa shape index (κ3) is 3.54. The molecule has 0 saturated heterocycles. The van der Waals surface area contributed by atoms with Crippen LogP contribution in [0.3, 0.4) is 0 Å². The summed E-state index contributed by atoms with van der Waals surface area (Å²) < 4.78 is 0.